The van der Waals surface area contributed by atoms with E-state index in [4.69, 9.17) is 0 Å². The Bertz CT molecular complexity index is 466. The van der Waals surface area contributed by atoms with Crippen molar-refractivity contribution in [1.82, 2.24) is 25.3 Å². The zero-order chi connectivity index (χ0) is 15.8. The van der Waals surface area contributed by atoms with E-state index in [0.29, 0.717) is 26.1 Å². The topological polar surface area (TPSA) is 79.3 Å². The monoisotopic (exact) mass is 307 g/mol. The lowest BCUT2D eigenvalue weighted by atomic mass is 10.1. The first-order valence-corrected chi connectivity index (χ1v) is 7.98. The molecule has 1 aliphatic rings. The number of aromatic nitrogens is 2. The maximum atomic E-state index is 11.9. The normalized spacial score (nSPS) is 15.6. The van der Waals surface area contributed by atoms with Crippen LogP contribution in [0.5, 0.6) is 0 Å². The van der Waals surface area contributed by atoms with Gasteiger partial charge in [-0.3, -0.25) is 9.48 Å². The number of nitrogens with zero attached hydrogens (tertiary/aromatic N) is 3. The van der Waals surface area contributed by atoms with E-state index in [9.17, 15) is 9.59 Å². The Balaban J connectivity index is 1.61. The smallest absolute Gasteiger partial charge is 0.317 e. The number of urea groups is 1. The Kier molecular flexibility index (Phi) is 6.24. The lowest BCUT2D eigenvalue weighted by molar-refractivity contribution is -0.122. The summed E-state index contributed by atoms with van der Waals surface area (Å²) in [6, 6.07) is 2.05. The van der Waals surface area contributed by atoms with Crippen LogP contribution in [0.3, 0.4) is 0 Å². The van der Waals surface area contributed by atoms with Crippen LogP contribution in [0.15, 0.2) is 18.5 Å². The number of aryl methyl sites for hydroxylation is 1. The summed E-state index contributed by atoms with van der Waals surface area (Å²) in [4.78, 5) is 25.4. The summed E-state index contributed by atoms with van der Waals surface area (Å²) in [7, 11) is 0. The fourth-order valence-electron chi connectivity index (χ4n) is 2.62. The van der Waals surface area contributed by atoms with Crippen LogP contribution in [-0.2, 0) is 11.3 Å². The van der Waals surface area contributed by atoms with Crippen LogP contribution >= 0.6 is 0 Å². The van der Waals surface area contributed by atoms with Crippen molar-refractivity contribution < 1.29 is 9.59 Å². The summed E-state index contributed by atoms with van der Waals surface area (Å²) in [5.74, 6) is 0.0867. The predicted molar refractivity (Wildman–Crippen MR) is 83.3 cm³/mol. The Labute approximate surface area is 131 Å². The van der Waals surface area contributed by atoms with Gasteiger partial charge in [0.15, 0.2) is 0 Å². The van der Waals surface area contributed by atoms with Crippen molar-refractivity contribution in [1.29, 1.82) is 0 Å². The zero-order valence-corrected chi connectivity index (χ0v) is 13.1. The van der Waals surface area contributed by atoms with Crippen LogP contribution in [-0.4, -0.2) is 52.3 Å². The van der Waals surface area contributed by atoms with Crippen molar-refractivity contribution in [2.45, 2.75) is 45.2 Å². The van der Waals surface area contributed by atoms with Gasteiger partial charge in [-0.1, -0.05) is 0 Å². The average molecular weight is 307 g/mol. The summed E-state index contributed by atoms with van der Waals surface area (Å²) in [6.45, 7) is 4.71. The first kappa shape index (κ1) is 16.3. The van der Waals surface area contributed by atoms with Crippen molar-refractivity contribution in [3.8, 4) is 0 Å². The van der Waals surface area contributed by atoms with Crippen molar-refractivity contribution in [3.63, 3.8) is 0 Å². The molecule has 0 unspecified atom stereocenters. The summed E-state index contributed by atoms with van der Waals surface area (Å²) in [5.41, 5.74) is 0. The van der Waals surface area contributed by atoms with E-state index in [0.717, 1.165) is 25.8 Å². The van der Waals surface area contributed by atoms with Gasteiger partial charge in [-0.05, 0) is 32.3 Å². The fourth-order valence-corrected chi connectivity index (χ4v) is 2.62. The molecule has 7 heteroatoms. The molecule has 1 saturated heterocycles. The Morgan fingerprint density at radius 2 is 2.09 bits per heavy atom. The molecule has 122 valence electrons. The van der Waals surface area contributed by atoms with E-state index in [1.807, 2.05) is 28.8 Å². The molecule has 2 heterocycles. The maximum Gasteiger partial charge on any atom is 0.317 e. The van der Waals surface area contributed by atoms with Gasteiger partial charge in [0.05, 0.1) is 0 Å². The number of rotatable bonds is 6. The zero-order valence-electron chi connectivity index (χ0n) is 13.1. The molecule has 0 aliphatic carbocycles. The Morgan fingerprint density at radius 3 is 2.73 bits per heavy atom. The minimum atomic E-state index is -0.00787. The number of nitrogens with one attached hydrogen (secondary N) is 2. The van der Waals surface area contributed by atoms with Crippen LogP contribution in [0.2, 0.25) is 0 Å². The molecule has 0 bridgehead atoms. The molecule has 22 heavy (non-hydrogen) atoms. The highest BCUT2D eigenvalue weighted by atomic mass is 16.2. The third-order valence-electron chi connectivity index (χ3n) is 3.83. The quantitative estimate of drug-likeness (QED) is 0.822. The van der Waals surface area contributed by atoms with Crippen LogP contribution < -0.4 is 10.6 Å². The lowest BCUT2D eigenvalue weighted by Crippen LogP contribution is -2.49. The molecule has 0 aromatic carbocycles. The van der Waals surface area contributed by atoms with Gasteiger partial charge in [0.1, 0.15) is 0 Å². The van der Waals surface area contributed by atoms with Crippen molar-refractivity contribution in [2.24, 2.45) is 0 Å². The summed E-state index contributed by atoms with van der Waals surface area (Å²) in [6.07, 6.45) is 6.57. The van der Waals surface area contributed by atoms with Gasteiger partial charge in [0.25, 0.3) is 0 Å². The first-order valence-electron chi connectivity index (χ1n) is 7.98. The van der Waals surface area contributed by atoms with Gasteiger partial charge < -0.3 is 15.5 Å². The molecule has 1 aromatic heterocycles. The van der Waals surface area contributed by atoms with Gasteiger partial charge >= 0.3 is 6.03 Å². The first-order chi connectivity index (χ1) is 10.7. The fraction of sp³-hybridized carbons (Fsp3) is 0.667. The van der Waals surface area contributed by atoms with Crippen molar-refractivity contribution in [2.75, 3.05) is 19.6 Å². The number of carbonyl (C=O) groups excluding carboxylic acids is 2. The summed E-state index contributed by atoms with van der Waals surface area (Å²) in [5, 5.41) is 9.98. The molecular formula is C15H25N5O2. The molecule has 1 aromatic rings. The van der Waals surface area contributed by atoms with Crippen molar-refractivity contribution >= 4 is 11.9 Å². The van der Waals surface area contributed by atoms with Crippen LogP contribution in [0.25, 0.3) is 0 Å². The number of hydrogen-bond acceptors (Lipinski definition) is 3. The van der Waals surface area contributed by atoms with E-state index in [-0.39, 0.29) is 18.0 Å². The Morgan fingerprint density at radius 1 is 1.32 bits per heavy atom. The molecule has 7 nitrogen and oxygen atoms in total. The molecule has 2 N–H and O–H groups in total. The lowest BCUT2D eigenvalue weighted by Gasteiger charge is -2.32. The van der Waals surface area contributed by atoms with E-state index in [1.165, 1.54) is 0 Å². The minimum Gasteiger partial charge on any atom is -0.353 e. The second-order valence-electron chi connectivity index (χ2n) is 5.54. The number of carbonyl (C=O) groups is 2. The standard InChI is InChI=1S/C15H25N5O2/c1-2-16-15(22)19-11-6-13(7-12-19)18-14(21)5-3-9-20-10-4-8-17-20/h4,8,10,13H,2-3,5-7,9,11-12H2,1H3,(H,16,22)(H,18,21). The van der Waals surface area contributed by atoms with E-state index in [1.54, 1.807) is 6.20 Å². The molecule has 1 fully saturated rings. The van der Waals surface area contributed by atoms with Gasteiger partial charge in [-0.2, -0.15) is 5.10 Å². The molecule has 0 radical (unpaired) electrons. The maximum absolute atomic E-state index is 11.9. The van der Waals surface area contributed by atoms with Gasteiger partial charge in [-0.15, -0.1) is 0 Å². The largest absolute Gasteiger partial charge is 0.353 e. The number of piperidine rings is 1. The van der Waals surface area contributed by atoms with Gasteiger partial charge in [0, 0.05) is 51.0 Å². The molecule has 1 aliphatic heterocycles. The number of likely N-dealkylation sites (tertiary alicyclic amines) is 1. The van der Waals surface area contributed by atoms with Gasteiger partial charge in [-0.25, -0.2) is 4.79 Å². The van der Waals surface area contributed by atoms with Crippen LogP contribution in [0, 0.1) is 0 Å². The SMILES string of the molecule is CCNC(=O)N1CCC(NC(=O)CCCn2cccn2)CC1. The van der Waals surface area contributed by atoms with E-state index in [2.05, 4.69) is 15.7 Å². The molecule has 3 amide bonds. The molecule has 0 spiro atoms. The third-order valence-corrected chi connectivity index (χ3v) is 3.83. The highest BCUT2D eigenvalue weighted by Gasteiger charge is 2.23. The highest BCUT2D eigenvalue weighted by Crippen LogP contribution is 2.10. The average Bonchev–Trinajstić information content (AvgIpc) is 3.01. The molecule has 0 atom stereocenters. The summed E-state index contributed by atoms with van der Waals surface area (Å²) >= 11 is 0. The second-order valence-corrected chi connectivity index (χ2v) is 5.54. The van der Waals surface area contributed by atoms with Gasteiger partial charge in [0.2, 0.25) is 5.91 Å². The third kappa shape index (κ3) is 5.05. The van der Waals surface area contributed by atoms with E-state index >= 15 is 0 Å². The minimum absolute atomic E-state index is 0.00787. The molecule has 2 rings (SSSR count). The van der Waals surface area contributed by atoms with Crippen molar-refractivity contribution in [3.05, 3.63) is 18.5 Å². The van der Waals surface area contributed by atoms with Crippen LogP contribution in [0.4, 0.5) is 4.79 Å². The summed E-state index contributed by atoms with van der Waals surface area (Å²) < 4.78 is 1.83. The molecule has 0 saturated carbocycles. The predicted octanol–water partition coefficient (Wildman–Crippen LogP) is 0.973. The number of hydrogen-bond donors (Lipinski definition) is 2. The Hall–Kier alpha value is -2.05. The highest BCUT2D eigenvalue weighted by molar-refractivity contribution is 5.76. The van der Waals surface area contributed by atoms with E-state index < -0.39 is 0 Å². The number of amides is 3. The molecular weight excluding hydrogens is 282 g/mol. The second kappa shape index (κ2) is 8.41. The van der Waals surface area contributed by atoms with Crippen LogP contribution in [0.1, 0.15) is 32.6 Å².